The Morgan fingerprint density at radius 3 is 2.27 bits per heavy atom. The molecule has 158 valence electrons. The van der Waals surface area contributed by atoms with Crippen molar-refractivity contribution in [2.75, 3.05) is 41.8 Å². The second-order valence-electron chi connectivity index (χ2n) is 7.74. The number of ether oxygens (including phenoxy) is 1. The lowest BCUT2D eigenvalue weighted by atomic mass is 10.1. The van der Waals surface area contributed by atoms with E-state index in [1.807, 2.05) is 44.2 Å². The van der Waals surface area contributed by atoms with Crippen LogP contribution in [0.1, 0.15) is 11.1 Å². The number of anilines is 3. The van der Waals surface area contributed by atoms with Crippen LogP contribution in [-0.4, -0.2) is 41.5 Å². The van der Waals surface area contributed by atoms with Crippen LogP contribution in [0.3, 0.4) is 0 Å². The Kier molecular flexibility index (Phi) is 5.26. The summed E-state index contributed by atoms with van der Waals surface area (Å²) in [5, 5.41) is 5.88. The van der Waals surface area contributed by atoms with Gasteiger partial charge in [0.25, 0.3) is 0 Å². The smallest absolute Gasteiger partial charge is 0.328 e. The lowest BCUT2D eigenvalue weighted by Crippen LogP contribution is -2.37. The van der Waals surface area contributed by atoms with Gasteiger partial charge in [0, 0.05) is 32.9 Å². The molecule has 1 fully saturated rings. The molecule has 2 N–H and O–H groups in total. The van der Waals surface area contributed by atoms with Crippen LogP contribution in [-0.2, 0) is 18.8 Å². The largest absolute Gasteiger partial charge is 0.378 e. The van der Waals surface area contributed by atoms with Gasteiger partial charge in [-0.15, -0.1) is 0 Å². The Morgan fingerprint density at radius 2 is 1.60 bits per heavy atom. The summed E-state index contributed by atoms with van der Waals surface area (Å²) in [5.41, 5.74) is 6.04. The molecule has 0 bridgehead atoms. The molecule has 2 aromatic carbocycles. The number of hydrogen-bond donors (Lipinski definition) is 2. The second-order valence-corrected chi connectivity index (χ2v) is 7.74. The molecule has 30 heavy (non-hydrogen) atoms. The number of carbonyl (C=O) groups excluding carboxylic acids is 1. The number of morpholine rings is 1. The molecule has 0 saturated carbocycles. The number of rotatable bonds is 3. The molecule has 1 aliphatic rings. The van der Waals surface area contributed by atoms with Gasteiger partial charge in [-0.2, -0.15) is 0 Å². The predicted octanol–water partition coefficient (Wildman–Crippen LogP) is 2.97. The number of urea groups is 1. The molecule has 0 spiro atoms. The van der Waals surface area contributed by atoms with Crippen molar-refractivity contribution in [3.8, 4) is 0 Å². The van der Waals surface area contributed by atoms with E-state index in [-0.39, 0.29) is 11.7 Å². The Morgan fingerprint density at radius 1 is 0.933 bits per heavy atom. The molecule has 3 aromatic rings. The highest BCUT2D eigenvalue weighted by Crippen LogP contribution is 2.32. The highest BCUT2D eigenvalue weighted by molar-refractivity contribution is 6.04. The SMILES string of the molecule is Cc1ccc(NC(=O)Nc2cc3c(cc2N2CCOCC2)n(C)c(=O)n3C)cc1C. The van der Waals surface area contributed by atoms with Gasteiger partial charge >= 0.3 is 11.7 Å². The zero-order valence-electron chi connectivity index (χ0n) is 17.8. The third kappa shape index (κ3) is 3.66. The minimum atomic E-state index is -0.326. The standard InChI is InChI=1S/C22H27N5O3/c1-14-5-6-16(11-15(14)2)23-21(28)24-17-12-19-20(26(4)22(29)25(19)3)13-18(17)27-7-9-30-10-8-27/h5-6,11-13H,7-10H2,1-4H3,(H2,23,24,28). The summed E-state index contributed by atoms with van der Waals surface area (Å²) in [6.07, 6.45) is 0. The average molecular weight is 409 g/mol. The second kappa shape index (κ2) is 7.87. The summed E-state index contributed by atoms with van der Waals surface area (Å²) in [4.78, 5) is 27.3. The summed E-state index contributed by atoms with van der Waals surface area (Å²) in [5.74, 6) is 0. The van der Waals surface area contributed by atoms with E-state index in [4.69, 9.17) is 4.74 Å². The fourth-order valence-corrected chi connectivity index (χ4v) is 3.80. The van der Waals surface area contributed by atoms with Crippen LogP contribution in [0.25, 0.3) is 11.0 Å². The number of nitrogens with one attached hydrogen (secondary N) is 2. The van der Waals surface area contributed by atoms with Gasteiger partial charge in [0.05, 0.1) is 35.6 Å². The topological polar surface area (TPSA) is 80.5 Å². The van der Waals surface area contributed by atoms with E-state index in [2.05, 4.69) is 15.5 Å². The summed E-state index contributed by atoms with van der Waals surface area (Å²) >= 11 is 0. The van der Waals surface area contributed by atoms with Gasteiger partial charge in [0.15, 0.2) is 0 Å². The van der Waals surface area contributed by atoms with Crippen LogP contribution in [0, 0.1) is 13.8 Å². The number of aromatic nitrogens is 2. The predicted molar refractivity (Wildman–Crippen MR) is 120 cm³/mol. The van der Waals surface area contributed by atoms with Gasteiger partial charge in [0.2, 0.25) is 0 Å². The molecule has 0 unspecified atom stereocenters. The van der Waals surface area contributed by atoms with Crippen molar-refractivity contribution < 1.29 is 9.53 Å². The fourth-order valence-electron chi connectivity index (χ4n) is 3.80. The number of fused-ring (bicyclic) bond motifs is 1. The molecule has 0 atom stereocenters. The molecule has 4 rings (SSSR count). The van der Waals surface area contributed by atoms with Crippen LogP contribution in [0.2, 0.25) is 0 Å². The number of aryl methyl sites for hydroxylation is 4. The number of imidazole rings is 1. The minimum absolute atomic E-state index is 0.102. The molecular weight excluding hydrogens is 382 g/mol. The average Bonchev–Trinajstić information content (AvgIpc) is 2.94. The molecule has 8 heteroatoms. The van der Waals surface area contributed by atoms with Crippen LogP contribution >= 0.6 is 0 Å². The van der Waals surface area contributed by atoms with Crippen molar-refractivity contribution >= 4 is 34.1 Å². The highest BCUT2D eigenvalue weighted by Gasteiger charge is 2.20. The van der Waals surface area contributed by atoms with Crippen LogP contribution in [0.15, 0.2) is 35.1 Å². The molecule has 2 amide bonds. The van der Waals surface area contributed by atoms with E-state index < -0.39 is 0 Å². The maximum Gasteiger partial charge on any atom is 0.328 e. The zero-order chi connectivity index (χ0) is 21.4. The Balaban J connectivity index is 1.70. The van der Waals surface area contributed by atoms with E-state index in [1.165, 1.54) is 5.56 Å². The molecule has 2 heterocycles. The summed E-state index contributed by atoms with van der Waals surface area (Å²) in [6, 6.07) is 9.31. The van der Waals surface area contributed by atoms with Gasteiger partial charge in [-0.1, -0.05) is 6.07 Å². The lowest BCUT2D eigenvalue weighted by molar-refractivity contribution is 0.123. The van der Waals surface area contributed by atoms with E-state index in [0.717, 1.165) is 41.1 Å². The summed E-state index contributed by atoms with van der Waals surface area (Å²) in [6.45, 7) is 6.74. The normalized spacial score (nSPS) is 14.2. The van der Waals surface area contributed by atoms with Gasteiger partial charge < -0.3 is 20.3 Å². The Bertz CT molecular complexity index is 1170. The molecule has 0 radical (unpaired) electrons. The van der Waals surface area contributed by atoms with Crippen LogP contribution < -0.4 is 21.2 Å². The molecule has 1 aromatic heterocycles. The van der Waals surface area contributed by atoms with Gasteiger partial charge in [-0.05, 0) is 49.2 Å². The number of benzene rings is 2. The molecular formula is C22H27N5O3. The first-order valence-corrected chi connectivity index (χ1v) is 10.0. The van der Waals surface area contributed by atoms with Crippen molar-refractivity contribution in [3.63, 3.8) is 0 Å². The first-order valence-electron chi connectivity index (χ1n) is 10.0. The van der Waals surface area contributed by atoms with Crippen molar-refractivity contribution in [1.29, 1.82) is 0 Å². The number of nitrogens with zero attached hydrogens (tertiary/aromatic N) is 3. The van der Waals surface area contributed by atoms with Crippen molar-refractivity contribution in [2.45, 2.75) is 13.8 Å². The van der Waals surface area contributed by atoms with E-state index in [9.17, 15) is 9.59 Å². The van der Waals surface area contributed by atoms with Gasteiger partial charge in [-0.25, -0.2) is 9.59 Å². The fraction of sp³-hybridized carbons (Fsp3) is 0.364. The van der Waals surface area contributed by atoms with Crippen molar-refractivity contribution in [3.05, 3.63) is 51.9 Å². The lowest BCUT2D eigenvalue weighted by Gasteiger charge is -2.30. The first kappa shape index (κ1) is 20.0. The summed E-state index contributed by atoms with van der Waals surface area (Å²) in [7, 11) is 3.49. The number of hydrogen-bond acceptors (Lipinski definition) is 4. The van der Waals surface area contributed by atoms with Gasteiger partial charge in [0.1, 0.15) is 0 Å². The quantitative estimate of drug-likeness (QED) is 0.697. The maximum absolute atomic E-state index is 12.8. The molecule has 1 saturated heterocycles. The molecule has 8 nitrogen and oxygen atoms in total. The monoisotopic (exact) mass is 409 g/mol. The molecule has 1 aliphatic heterocycles. The third-order valence-electron chi connectivity index (χ3n) is 5.75. The Hall–Kier alpha value is -3.26. The first-order chi connectivity index (χ1) is 14.3. The van der Waals surface area contributed by atoms with Crippen molar-refractivity contribution in [1.82, 2.24) is 9.13 Å². The number of carbonyl (C=O) groups is 1. The number of amides is 2. The zero-order valence-corrected chi connectivity index (χ0v) is 17.8. The molecule has 0 aliphatic carbocycles. The van der Waals surface area contributed by atoms with Crippen LogP contribution in [0.4, 0.5) is 21.9 Å². The third-order valence-corrected chi connectivity index (χ3v) is 5.75. The van der Waals surface area contributed by atoms with Gasteiger partial charge in [-0.3, -0.25) is 9.13 Å². The minimum Gasteiger partial charge on any atom is -0.378 e. The highest BCUT2D eigenvalue weighted by atomic mass is 16.5. The maximum atomic E-state index is 12.8. The van der Waals surface area contributed by atoms with Crippen LogP contribution in [0.5, 0.6) is 0 Å². The Labute approximate surface area is 175 Å². The van der Waals surface area contributed by atoms with E-state index in [1.54, 1.807) is 23.2 Å². The van der Waals surface area contributed by atoms with E-state index >= 15 is 0 Å². The summed E-state index contributed by atoms with van der Waals surface area (Å²) < 4.78 is 8.69. The van der Waals surface area contributed by atoms with Crippen molar-refractivity contribution in [2.24, 2.45) is 14.1 Å². The van der Waals surface area contributed by atoms with E-state index in [0.29, 0.717) is 18.9 Å².